The van der Waals surface area contributed by atoms with Gasteiger partial charge in [0.2, 0.25) is 10.0 Å². The summed E-state index contributed by atoms with van der Waals surface area (Å²) in [5.41, 5.74) is 8.39. The Bertz CT molecular complexity index is 606. The predicted octanol–water partition coefficient (Wildman–Crippen LogP) is 2.68. The SMILES string of the molecule is CC1Cc2cc(N)ccc2N1S(=O)(=O)C1CCCCC1. The van der Waals surface area contributed by atoms with Crippen molar-refractivity contribution in [3.05, 3.63) is 23.8 Å². The molecule has 0 radical (unpaired) electrons. The van der Waals surface area contributed by atoms with E-state index in [4.69, 9.17) is 5.73 Å². The monoisotopic (exact) mass is 294 g/mol. The van der Waals surface area contributed by atoms with Crippen LogP contribution in [0.1, 0.15) is 44.6 Å². The molecule has 1 aliphatic heterocycles. The third-order valence-electron chi connectivity index (χ3n) is 4.50. The molecule has 1 heterocycles. The van der Waals surface area contributed by atoms with Crippen LogP contribution in [0.5, 0.6) is 0 Å². The average molecular weight is 294 g/mol. The van der Waals surface area contributed by atoms with E-state index in [9.17, 15) is 8.42 Å². The fourth-order valence-electron chi connectivity index (χ4n) is 3.53. The van der Waals surface area contributed by atoms with Gasteiger partial charge in [-0.25, -0.2) is 8.42 Å². The van der Waals surface area contributed by atoms with E-state index in [1.54, 1.807) is 10.4 Å². The zero-order chi connectivity index (χ0) is 14.3. The highest BCUT2D eigenvalue weighted by Gasteiger charge is 2.40. The first-order valence-electron chi connectivity index (χ1n) is 7.42. The van der Waals surface area contributed by atoms with Gasteiger partial charge >= 0.3 is 0 Å². The fourth-order valence-corrected chi connectivity index (χ4v) is 5.81. The topological polar surface area (TPSA) is 63.4 Å². The van der Waals surface area contributed by atoms with Crippen LogP contribution in [0.25, 0.3) is 0 Å². The molecule has 5 heteroatoms. The van der Waals surface area contributed by atoms with E-state index in [-0.39, 0.29) is 11.3 Å². The standard InChI is InChI=1S/C15H22N2O2S/c1-11-9-12-10-13(16)7-8-15(12)17(11)20(18,19)14-5-3-2-4-6-14/h7-8,10-11,14H,2-6,9,16H2,1H3. The molecule has 0 amide bonds. The van der Waals surface area contributed by atoms with E-state index in [0.717, 1.165) is 49.8 Å². The molecule has 1 fully saturated rings. The molecule has 0 bridgehead atoms. The summed E-state index contributed by atoms with van der Waals surface area (Å²) in [5.74, 6) is 0. The third-order valence-corrected chi connectivity index (χ3v) is 6.92. The molecule has 1 atom stereocenters. The third kappa shape index (κ3) is 2.18. The summed E-state index contributed by atoms with van der Waals surface area (Å²) in [6.07, 6.45) is 5.58. The quantitative estimate of drug-likeness (QED) is 0.853. The lowest BCUT2D eigenvalue weighted by atomic mass is 10.0. The van der Waals surface area contributed by atoms with Crippen LogP contribution < -0.4 is 10.0 Å². The number of rotatable bonds is 2. The first kappa shape index (κ1) is 13.7. The van der Waals surface area contributed by atoms with Crippen LogP contribution in [0, 0.1) is 0 Å². The molecule has 110 valence electrons. The smallest absolute Gasteiger partial charge is 0.238 e. The summed E-state index contributed by atoms with van der Waals surface area (Å²) >= 11 is 0. The number of nitrogen functional groups attached to an aromatic ring is 1. The molecule has 1 aromatic carbocycles. The van der Waals surface area contributed by atoms with E-state index in [2.05, 4.69) is 0 Å². The number of fused-ring (bicyclic) bond motifs is 1. The second-order valence-electron chi connectivity index (χ2n) is 6.04. The van der Waals surface area contributed by atoms with Gasteiger partial charge in [-0.05, 0) is 49.9 Å². The van der Waals surface area contributed by atoms with Crippen molar-refractivity contribution in [2.75, 3.05) is 10.0 Å². The van der Waals surface area contributed by atoms with Gasteiger partial charge in [-0.3, -0.25) is 4.31 Å². The molecule has 2 aliphatic rings. The van der Waals surface area contributed by atoms with Crippen molar-refractivity contribution in [3.63, 3.8) is 0 Å². The maximum absolute atomic E-state index is 12.9. The highest BCUT2D eigenvalue weighted by atomic mass is 32.2. The number of hydrogen-bond donors (Lipinski definition) is 1. The molecule has 1 unspecified atom stereocenters. The lowest BCUT2D eigenvalue weighted by Gasteiger charge is -2.31. The summed E-state index contributed by atoms with van der Waals surface area (Å²) in [6.45, 7) is 1.98. The molecule has 0 saturated heterocycles. The number of hydrogen-bond acceptors (Lipinski definition) is 3. The molecule has 1 aliphatic carbocycles. The number of nitrogens with zero attached hydrogens (tertiary/aromatic N) is 1. The molecular formula is C15H22N2O2S. The molecule has 4 nitrogen and oxygen atoms in total. The molecule has 3 rings (SSSR count). The van der Waals surface area contributed by atoms with Crippen LogP contribution in [-0.4, -0.2) is 19.7 Å². The van der Waals surface area contributed by atoms with Crippen molar-refractivity contribution in [2.24, 2.45) is 0 Å². The minimum absolute atomic E-state index is 0.00118. The first-order chi connectivity index (χ1) is 9.50. The molecule has 0 aromatic heterocycles. The Hall–Kier alpha value is -1.23. The summed E-state index contributed by atoms with van der Waals surface area (Å²) in [4.78, 5) is 0. The van der Waals surface area contributed by atoms with Gasteiger partial charge in [0.1, 0.15) is 0 Å². The van der Waals surface area contributed by atoms with E-state index in [0.29, 0.717) is 5.69 Å². The minimum atomic E-state index is -3.24. The van der Waals surface area contributed by atoms with E-state index in [1.165, 1.54) is 0 Å². The van der Waals surface area contributed by atoms with Crippen LogP contribution in [0.3, 0.4) is 0 Å². The number of benzene rings is 1. The Labute approximate surface area is 121 Å². The van der Waals surface area contributed by atoms with Crippen LogP contribution in [0.4, 0.5) is 11.4 Å². The summed E-state index contributed by atoms with van der Waals surface area (Å²) in [6, 6.07) is 5.55. The second kappa shape index (κ2) is 4.95. The van der Waals surface area contributed by atoms with Crippen molar-refractivity contribution in [3.8, 4) is 0 Å². The summed E-state index contributed by atoms with van der Waals surface area (Å²) in [7, 11) is -3.24. The van der Waals surface area contributed by atoms with Crippen molar-refractivity contribution in [1.82, 2.24) is 0 Å². The molecule has 1 saturated carbocycles. The van der Waals surface area contributed by atoms with Crippen LogP contribution >= 0.6 is 0 Å². The van der Waals surface area contributed by atoms with Gasteiger partial charge in [-0.2, -0.15) is 0 Å². The Kier molecular flexibility index (Phi) is 3.40. The van der Waals surface area contributed by atoms with E-state index < -0.39 is 10.0 Å². The Balaban J connectivity index is 1.97. The first-order valence-corrected chi connectivity index (χ1v) is 8.92. The van der Waals surface area contributed by atoms with Gasteiger partial charge in [0.25, 0.3) is 0 Å². The van der Waals surface area contributed by atoms with Crippen molar-refractivity contribution >= 4 is 21.4 Å². The zero-order valence-corrected chi connectivity index (χ0v) is 12.7. The zero-order valence-electron chi connectivity index (χ0n) is 11.9. The average Bonchev–Trinajstić information content (AvgIpc) is 2.75. The highest BCUT2D eigenvalue weighted by Crippen LogP contribution is 2.38. The Morgan fingerprint density at radius 2 is 1.90 bits per heavy atom. The lowest BCUT2D eigenvalue weighted by Crippen LogP contribution is -2.42. The number of sulfonamides is 1. The van der Waals surface area contributed by atoms with E-state index >= 15 is 0 Å². The number of anilines is 2. The van der Waals surface area contributed by atoms with Gasteiger partial charge in [-0.15, -0.1) is 0 Å². The lowest BCUT2D eigenvalue weighted by molar-refractivity contribution is 0.480. The largest absolute Gasteiger partial charge is 0.399 e. The minimum Gasteiger partial charge on any atom is -0.399 e. The van der Waals surface area contributed by atoms with Crippen molar-refractivity contribution in [1.29, 1.82) is 0 Å². The molecule has 20 heavy (non-hydrogen) atoms. The summed E-state index contributed by atoms with van der Waals surface area (Å²) < 4.78 is 27.5. The van der Waals surface area contributed by atoms with Gasteiger partial charge in [-0.1, -0.05) is 19.3 Å². The predicted molar refractivity (Wildman–Crippen MR) is 82.3 cm³/mol. The molecule has 1 aromatic rings. The Morgan fingerprint density at radius 1 is 1.20 bits per heavy atom. The highest BCUT2D eigenvalue weighted by molar-refractivity contribution is 7.93. The number of nitrogens with two attached hydrogens (primary N) is 1. The van der Waals surface area contributed by atoms with Crippen molar-refractivity contribution in [2.45, 2.75) is 56.7 Å². The maximum Gasteiger partial charge on any atom is 0.238 e. The van der Waals surface area contributed by atoms with Gasteiger partial charge in [0, 0.05) is 11.7 Å². The van der Waals surface area contributed by atoms with Crippen LogP contribution in [0.15, 0.2) is 18.2 Å². The second-order valence-corrected chi connectivity index (χ2v) is 8.13. The van der Waals surface area contributed by atoms with Gasteiger partial charge < -0.3 is 5.73 Å². The van der Waals surface area contributed by atoms with Crippen LogP contribution in [0.2, 0.25) is 0 Å². The Morgan fingerprint density at radius 3 is 2.60 bits per heavy atom. The van der Waals surface area contributed by atoms with Crippen molar-refractivity contribution < 1.29 is 8.42 Å². The normalized spacial score (nSPS) is 23.9. The fraction of sp³-hybridized carbons (Fsp3) is 0.600. The van der Waals surface area contributed by atoms with Gasteiger partial charge in [0.15, 0.2) is 0 Å². The molecule has 2 N–H and O–H groups in total. The van der Waals surface area contributed by atoms with Gasteiger partial charge in [0.05, 0.1) is 10.9 Å². The van der Waals surface area contributed by atoms with E-state index in [1.807, 2.05) is 19.1 Å². The van der Waals surface area contributed by atoms with Crippen LogP contribution in [-0.2, 0) is 16.4 Å². The molecule has 0 spiro atoms. The molecular weight excluding hydrogens is 272 g/mol. The maximum atomic E-state index is 12.9. The summed E-state index contributed by atoms with van der Waals surface area (Å²) in [5, 5.41) is -0.206.